The molecule has 0 aliphatic heterocycles. The number of nitrogens with zero attached hydrogens (tertiary/aromatic N) is 2. The van der Waals surface area contributed by atoms with Gasteiger partial charge in [-0.3, -0.25) is 4.79 Å². The van der Waals surface area contributed by atoms with Gasteiger partial charge in [-0.2, -0.15) is 0 Å². The van der Waals surface area contributed by atoms with Crippen LogP contribution in [0.15, 0.2) is 60.8 Å². The van der Waals surface area contributed by atoms with Crippen molar-refractivity contribution in [3.8, 4) is 0 Å². The predicted octanol–water partition coefficient (Wildman–Crippen LogP) is 4.34. The van der Waals surface area contributed by atoms with E-state index in [0.717, 1.165) is 21.5 Å². The standard InChI is InChI=1S/C19H19ClN2O/c1-21(14-15-6-3-2-4-7-15)19(23)11-13-22-12-10-16-17(20)8-5-9-18(16)22/h2-10,12H,11,13-14H2,1H3. The van der Waals surface area contributed by atoms with E-state index in [1.807, 2.05) is 67.8 Å². The van der Waals surface area contributed by atoms with Gasteiger partial charge in [0.2, 0.25) is 5.91 Å². The zero-order chi connectivity index (χ0) is 16.2. The minimum atomic E-state index is 0.137. The van der Waals surface area contributed by atoms with E-state index in [-0.39, 0.29) is 5.91 Å². The molecule has 0 aliphatic rings. The fourth-order valence-corrected chi connectivity index (χ4v) is 2.97. The summed E-state index contributed by atoms with van der Waals surface area (Å²) in [5, 5.41) is 1.77. The molecule has 0 N–H and O–H groups in total. The van der Waals surface area contributed by atoms with Gasteiger partial charge in [-0.15, -0.1) is 0 Å². The minimum Gasteiger partial charge on any atom is -0.347 e. The molecule has 3 aromatic rings. The van der Waals surface area contributed by atoms with Gasteiger partial charge in [0.15, 0.2) is 0 Å². The third-order valence-corrected chi connectivity index (χ3v) is 4.34. The summed E-state index contributed by atoms with van der Waals surface area (Å²) in [4.78, 5) is 14.1. The minimum absolute atomic E-state index is 0.137. The highest BCUT2D eigenvalue weighted by atomic mass is 35.5. The molecule has 0 fully saturated rings. The quantitative estimate of drug-likeness (QED) is 0.684. The Morgan fingerprint density at radius 2 is 1.87 bits per heavy atom. The number of amides is 1. The van der Waals surface area contributed by atoms with Crippen LogP contribution in [0.1, 0.15) is 12.0 Å². The number of halogens is 1. The van der Waals surface area contributed by atoms with E-state index in [2.05, 4.69) is 4.57 Å². The van der Waals surface area contributed by atoms with Crippen LogP contribution in [0.4, 0.5) is 0 Å². The lowest BCUT2D eigenvalue weighted by Crippen LogP contribution is -2.26. The van der Waals surface area contributed by atoms with E-state index in [1.54, 1.807) is 4.90 Å². The number of fused-ring (bicyclic) bond motifs is 1. The van der Waals surface area contributed by atoms with Crippen molar-refractivity contribution in [1.82, 2.24) is 9.47 Å². The van der Waals surface area contributed by atoms with E-state index in [1.165, 1.54) is 0 Å². The molecule has 0 unspecified atom stereocenters. The van der Waals surface area contributed by atoms with Gasteiger partial charge in [-0.25, -0.2) is 0 Å². The van der Waals surface area contributed by atoms with Gasteiger partial charge in [0, 0.05) is 48.7 Å². The smallest absolute Gasteiger partial charge is 0.224 e. The number of benzene rings is 2. The van der Waals surface area contributed by atoms with E-state index in [0.29, 0.717) is 19.5 Å². The first-order valence-corrected chi connectivity index (χ1v) is 8.04. The Kier molecular flexibility index (Phi) is 4.68. The maximum Gasteiger partial charge on any atom is 0.224 e. The fraction of sp³-hybridized carbons (Fsp3) is 0.211. The number of hydrogen-bond donors (Lipinski definition) is 0. The van der Waals surface area contributed by atoms with Crippen molar-refractivity contribution < 1.29 is 4.79 Å². The fourth-order valence-electron chi connectivity index (χ4n) is 2.73. The normalized spacial score (nSPS) is 10.9. The summed E-state index contributed by atoms with van der Waals surface area (Å²) in [6.45, 7) is 1.29. The molecule has 2 aromatic carbocycles. The van der Waals surface area contributed by atoms with Gasteiger partial charge < -0.3 is 9.47 Å². The molecule has 1 heterocycles. The van der Waals surface area contributed by atoms with Crippen LogP contribution in [-0.4, -0.2) is 22.4 Å². The van der Waals surface area contributed by atoms with E-state index < -0.39 is 0 Å². The van der Waals surface area contributed by atoms with Crippen LogP contribution in [-0.2, 0) is 17.9 Å². The van der Waals surface area contributed by atoms with Gasteiger partial charge in [0.05, 0.1) is 0 Å². The SMILES string of the molecule is CN(Cc1ccccc1)C(=O)CCn1ccc2c(Cl)cccc21. The summed E-state index contributed by atoms with van der Waals surface area (Å²) in [7, 11) is 1.85. The second kappa shape index (κ2) is 6.88. The second-order valence-corrected chi connectivity index (χ2v) is 6.07. The molecule has 3 nitrogen and oxygen atoms in total. The second-order valence-electron chi connectivity index (χ2n) is 5.67. The third-order valence-electron chi connectivity index (χ3n) is 4.02. The molecule has 0 saturated carbocycles. The van der Waals surface area contributed by atoms with Crippen LogP contribution < -0.4 is 0 Å². The van der Waals surface area contributed by atoms with Crippen LogP contribution in [0, 0.1) is 0 Å². The Hall–Kier alpha value is -2.26. The predicted molar refractivity (Wildman–Crippen MR) is 94.5 cm³/mol. The first-order chi connectivity index (χ1) is 11.1. The number of rotatable bonds is 5. The largest absolute Gasteiger partial charge is 0.347 e. The van der Waals surface area contributed by atoms with Crippen molar-refractivity contribution in [2.45, 2.75) is 19.5 Å². The first-order valence-electron chi connectivity index (χ1n) is 7.66. The molecule has 0 spiro atoms. The zero-order valence-electron chi connectivity index (χ0n) is 13.1. The molecule has 1 amide bonds. The molecule has 118 valence electrons. The monoisotopic (exact) mass is 326 g/mol. The van der Waals surface area contributed by atoms with Crippen molar-refractivity contribution in [3.63, 3.8) is 0 Å². The highest BCUT2D eigenvalue weighted by Crippen LogP contribution is 2.24. The zero-order valence-corrected chi connectivity index (χ0v) is 13.8. The molecular weight excluding hydrogens is 308 g/mol. The summed E-state index contributed by atoms with van der Waals surface area (Å²) < 4.78 is 2.08. The number of carbonyl (C=O) groups is 1. The van der Waals surface area contributed by atoms with Crippen molar-refractivity contribution >= 4 is 28.4 Å². The summed E-state index contributed by atoms with van der Waals surface area (Å²) in [5.41, 5.74) is 2.21. The number of aryl methyl sites for hydroxylation is 1. The van der Waals surface area contributed by atoms with Gasteiger partial charge in [0.25, 0.3) is 0 Å². The highest BCUT2D eigenvalue weighted by Gasteiger charge is 2.10. The van der Waals surface area contributed by atoms with Crippen LogP contribution in [0.2, 0.25) is 5.02 Å². The highest BCUT2D eigenvalue weighted by molar-refractivity contribution is 6.35. The third kappa shape index (κ3) is 3.57. The van der Waals surface area contributed by atoms with E-state index in [4.69, 9.17) is 11.6 Å². The molecule has 3 rings (SSSR count). The number of hydrogen-bond acceptors (Lipinski definition) is 1. The van der Waals surface area contributed by atoms with Crippen molar-refractivity contribution in [3.05, 3.63) is 71.4 Å². The number of carbonyl (C=O) groups excluding carboxylic acids is 1. The molecule has 0 aliphatic carbocycles. The van der Waals surface area contributed by atoms with Crippen molar-refractivity contribution in [1.29, 1.82) is 0 Å². The maximum atomic E-state index is 12.3. The average Bonchev–Trinajstić information content (AvgIpc) is 2.98. The first kappa shape index (κ1) is 15.6. The molecule has 0 bridgehead atoms. The summed E-state index contributed by atoms with van der Waals surface area (Å²) in [6, 6.07) is 17.9. The Labute approximate surface area is 141 Å². The molecule has 4 heteroatoms. The maximum absolute atomic E-state index is 12.3. The van der Waals surface area contributed by atoms with Crippen LogP contribution in [0.25, 0.3) is 10.9 Å². The van der Waals surface area contributed by atoms with Gasteiger partial charge in [-0.05, 0) is 23.8 Å². The molecule has 0 radical (unpaired) electrons. The Bertz CT molecular complexity index is 811. The lowest BCUT2D eigenvalue weighted by Gasteiger charge is -2.17. The summed E-state index contributed by atoms with van der Waals surface area (Å²) in [5.74, 6) is 0.137. The molecule has 0 atom stereocenters. The molecule has 1 aromatic heterocycles. The Morgan fingerprint density at radius 3 is 2.65 bits per heavy atom. The van der Waals surface area contributed by atoms with Crippen LogP contribution in [0.5, 0.6) is 0 Å². The lowest BCUT2D eigenvalue weighted by atomic mass is 10.2. The van der Waals surface area contributed by atoms with Crippen LogP contribution in [0.3, 0.4) is 0 Å². The Morgan fingerprint density at radius 1 is 1.09 bits per heavy atom. The van der Waals surface area contributed by atoms with E-state index >= 15 is 0 Å². The average molecular weight is 327 g/mol. The van der Waals surface area contributed by atoms with Crippen molar-refractivity contribution in [2.75, 3.05) is 7.05 Å². The van der Waals surface area contributed by atoms with Gasteiger partial charge >= 0.3 is 0 Å². The van der Waals surface area contributed by atoms with Gasteiger partial charge in [-0.1, -0.05) is 48.0 Å². The van der Waals surface area contributed by atoms with E-state index in [9.17, 15) is 4.79 Å². The van der Waals surface area contributed by atoms with Crippen molar-refractivity contribution in [2.24, 2.45) is 0 Å². The van der Waals surface area contributed by atoms with Gasteiger partial charge in [0.1, 0.15) is 0 Å². The summed E-state index contributed by atoms with van der Waals surface area (Å²) >= 11 is 6.19. The lowest BCUT2D eigenvalue weighted by molar-refractivity contribution is -0.130. The number of aromatic nitrogens is 1. The molecule has 23 heavy (non-hydrogen) atoms. The molecule has 0 saturated heterocycles. The van der Waals surface area contributed by atoms with Crippen LogP contribution >= 0.6 is 11.6 Å². The Balaban J connectivity index is 1.63. The topological polar surface area (TPSA) is 25.2 Å². The molecular formula is C19H19ClN2O. The summed E-state index contributed by atoms with van der Waals surface area (Å²) in [6.07, 6.45) is 2.46.